The first-order valence-corrected chi connectivity index (χ1v) is 10.5. The van der Waals surface area contributed by atoms with Gasteiger partial charge in [-0.1, -0.05) is 35.4 Å². The number of benzene rings is 2. The van der Waals surface area contributed by atoms with E-state index in [0.29, 0.717) is 41.1 Å². The normalized spacial score (nSPS) is 16.0. The number of rotatable bonds is 6. The van der Waals surface area contributed by atoms with E-state index in [0.717, 1.165) is 11.1 Å². The Hall–Kier alpha value is -2.63. The third kappa shape index (κ3) is 3.75. The minimum Gasteiger partial charge on any atom is -0.450 e. The lowest BCUT2D eigenvalue weighted by molar-refractivity contribution is 0.0593. The van der Waals surface area contributed by atoms with Gasteiger partial charge in [-0.05, 0) is 57.0 Å². The van der Waals surface area contributed by atoms with Crippen molar-refractivity contribution in [3.05, 3.63) is 80.2 Å². The van der Waals surface area contributed by atoms with E-state index in [1.807, 2.05) is 45.0 Å². The van der Waals surface area contributed by atoms with Gasteiger partial charge in [0.05, 0.1) is 23.1 Å². The van der Waals surface area contributed by atoms with Crippen LogP contribution < -0.4 is 5.43 Å². The van der Waals surface area contributed by atoms with E-state index in [9.17, 15) is 9.59 Å². The van der Waals surface area contributed by atoms with Crippen LogP contribution in [0.1, 0.15) is 53.6 Å². The molecule has 2 heterocycles. The topological polar surface area (TPSA) is 59.8 Å². The Labute approximate surface area is 180 Å². The van der Waals surface area contributed by atoms with Crippen molar-refractivity contribution in [3.8, 4) is 0 Å². The number of nitrogens with zero attached hydrogens (tertiary/aromatic N) is 1. The first-order chi connectivity index (χ1) is 14.4. The fourth-order valence-electron chi connectivity index (χ4n) is 3.91. The highest BCUT2D eigenvalue weighted by molar-refractivity contribution is 6.30. The highest BCUT2D eigenvalue weighted by Crippen LogP contribution is 2.38. The molecule has 1 atom stereocenters. The highest BCUT2D eigenvalue weighted by atomic mass is 35.5. The molecule has 0 bridgehead atoms. The van der Waals surface area contributed by atoms with Gasteiger partial charge in [0.1, 0.15) is 5.58 Å². The number of hydrogen-bond donors (Lipinski definition) is 0. The van der Waals surface area contributed by atoms with Crippen LogP contribution >= 0.6 is 11.6 Å². The number of ether oxygens (including phenoxy) is 1. The van der Waals surface area contributed by atoms with Crippen LogP contribution in [0.4, 0.5) is 0 Å². The first-order valence-electron chi connectivity index (χ1n) is 10.1. The van der Waals surface area contributed by atoms with Crippen LogP contribution in [0.5, 0.6) is 0 Å². The third-order valence-corrected chi connectivity index (χ3v) is 5.55. The van der Waals surface area contributed by atoms with E-state index in [1.165, 1.54) is 0 Å². The second-order valence-electron chi connectivity index (χ2n) is 7.90. The van der Waals surface area contributed by atoms with Crippen LogP contribution in [0.25, 0.3) is 11.0 Å². The van der Waals surface area contributed by atoms with Gasteiger partial charge in [0.25, 0.3) is 5.91 Å². The van der Waals surface area contributed by atoms with Gasteiger partial charge >= 0.3 is 0 Å². The van der Waals surface area contributed by atoms with Crippen molar-refractivity contribution < 1.29 is 13.9 Å². The Kier molecular flexibility index (Phi) is 5.67. The number of fused-ring (bicyclic) bond motifs is 2. The summed E-state index contributed by atoms with van der Waals surface area (Å²) in [6.07, 6.45) is 0.787. The molecular weight excluding hydrogens is 402 g/mol. The van der Waals surface area contributed by atoms with Crippen molar-refractivity contribution in [3.63, 3.8) is 0 Å². The van der Waals surface area contributed by atoms with E-state index in [4.69, 9.17) is 20.8 Å². The molecule has 2 aromatic carbocycles. The van der Waals surface area contributed by atoms with Gasteiger partial charge in [-0.3, -0.25) is 9.59 Å². The number of hydrogen-bond acceptors (Lipinski definition) is 4. The highest BCUT2D eigenvalue weighted by Gasteiger charge is 2.42. The standard InChI is InChI=1S/C24H24ClNO4/c1-14(2)29-12-4-11-26-21(16-6-8-17(25)9-7-16)20-22(27)18-13-15(3)5-10-19(18)30-23(20)24(26)28/h5-10,13-14,21H,4,11-12H2,1-3H3/t21-/m1/s1. The molecule has 1 aromatic heterocycles. The monoisotopic (exact) mass is 425 g/mol. The fraction of sp³-hybridized carbons (Fsp3) is 0.333. The fourth-order valence-corrected chi connectivity index (χ4v) is 4.04. The number of carbonyl (C=O) groups is 1. The molecule has 5 nitrogen and oxygen atoms in total. The predicted molar refractivity (Wildman–Crippen MR) is 117 cm³/mol. The van der Waals surface area contributed by atoms with Crippen LogP contribution in [-0.4, -0.2) is 30.1 Å². The Morgan fingerprint density at radius 3 is 2.57 bits per heavy atom. The molecule has 0 radical (unpaired) electrons. The molecule has 30 heavy (non-hydrogen) atoms. The molecule has 0 saturated carbocycles. The first kappa shape index (κ1) is 20.6. The quantitative estimate of drug-likeness (QED) is 0.514. The van der Waals surface area contributed by atoms with Gasteiger partial charge < -0.3 is 14.1 Å². The summed E-state index contributed by atoms with van der Waals surface area (Å²) in [5.74, 6) is -0.143. The van der Waals surface area contributed by atoms with E-state index in [-0.39, 0.29) is 23.2 Å². The second kappa shape index (κ2) is 8.25. The summed E-state index contributed by atoms with van der Waals surface area (Å²) in [7, 11) is 0. The van der Waals surface area contributed by atoms with E-state index >= 15 is 0 Å². The molecule has 0 saturated heterocycles. The molecular formula is C24H24ClNO4. The zero-order chi connectivity index (χ0) is 21.4. The molecule has 0 fully saturated rings. The van der Waals surface area contributed by atoms with Crippen molar-refractivity contribution in [1.82, 2.24) is 4.90 Å². The SMILES string of the molecule is Cc1ccc2oc3c(c(=O)c2c1)[C@@H](c1ccc(Cl)cc1)N(CCCOC(C)C)C3=O. The maximum absolute atomic E-state index is 13.4. The van der Waals surface area contributed by atoms with Crippen molar-refractivity contribution in [1.29, 1.82) is 0 Å². The largest absolute Gasteiger partial charge is 0.450 e. The van der Waals surface area contributed by atoms with Gasteiger partial charge in [0.15, 0.2) is 5.43 Å². The van der Waals surface area contributed by atoms with Gasteiger partial charge in [-0.15, -0.1) is 0 Å². The predicted octanol–water partition coefficient (Wildman–Crippen LogP) is 5.12. The number of halogens is 1. The van der Waals surface area contributed by atoms with Crippen molar-refractivity contribution >= 4 is 28.5 Å². The Morgan fingerprint density at radius 1 is 1.13 bits per heavy atom. The second-order valence-corrected chi connectivity index (χ2v) is 8.34. The van der Waals surface area contributed by atoms with Crippen molar-refractivity contribution in [2.45, 2.75) is 39.3 Å². The zero-order valence-corrected chi connectivity index (χ0v) is 18.0. The summed E-state index contributed by atoms with van der Waals surface area (Å²) in [5, 5.41) is 1.09. The summed E-state index contributed by atoms with van der Waals surface area (Å²) >= 11 is 6.07. The molecule has 1 amide bonds. The molecule has 4 rings (SSSR count). The average molecular weight is 426 g/mol. The summed E-state index contributed by atoms with van der Waals surface area (Å²) < 4.78 is 11.6. The van der Waals surface area contributed by atoms with E-state index in [2.05, 4.69) is 0 Å². The molecule has 0 unspecified atom stereocenters. The number of amides is 1. The summed E-state index contributed by atoms with van der Waals surface area (Å²) in [6, 6.07) is 12.2. The van der Waals surface area contributed by atoms with Crippen molar-refractivity contribution in [2.24, 2.45) is 0 Å². The smallest absolute Gasteiger partial charge is 0.290 e. The summed E-state index contributed by atoms with van der Waals surface area (Å²) in [6.45, 7) is 6.87. The molecule has 6 heteroatoms. The number of aryl methyl sites for hydroxylation is 1. The molecule has 156 valence electrons. The number of carbonyl (C=O) groups excluding carboxylic acids is 1. The Morgan fingerprint density at radius 2 is 1.87 bits per heavy atom. The lowest BCUT2D eigenvalue weighted by Gasteiger charge is -2.25. The zero-order valence-electron chi connectivity index (χ0n) is 17.3. The third-order valence-electron chi connectivity index (χ3n) is 5.30. The molecule has 0 aliphatic carbocycles. The maximum Gasteiger partial charge on any atom is 0.290 e. The molecule has 0 N–H and O–H groups in total. The van der Waals surface area contributed by atoms with Crippen LogP contribution in [0, 0.1) is 6.92 Å². The van der Waals surface area contributed by atoms with Gasteiger partial charge in [0, 0.05) is 18.2 Å². The Bertz CT molecular complexity index is 1150. The minimum absolute atomic E-state index is 0.125. The molecule has 3 aromatic rings. The summed E-state index contributed by atoms with van der Waals surface area (Å²) in [4.78, 5) is 28.4. The molecule has 1 aliphatic rings. The molecule has 0 spiro atoms. The van der Waals surface area contributed by atoms with Crippen LogP contribution in [0.2, 0.25) is 5.02 Å². The lowest BCUT2D eigenvalue weighted by Crippen LogP contribution is -2.31. The Balaban J connectivity index is 1.81. The van der Waals surface area contributed by atoms with Crippen LogP contribution in [0.15, 0.2) is 51.7 Å². The average Bonchev–Trinajstić information content (AvgIpc) is 2.99. The van der Waals surface area contributed by atoms with Gasteiger partial charge in [-0.2, -0.15) is 0 Å². The van der Waals surface area contributed by atoms with Crippen LogP contribution in [0.3, 0.4) is 0 Å². The van der Waals surface area contributed by atoms with Crippen LogP contribution in [-0.2, 0) is 4.74 Å². The van der Waals surface area contributed by atoms with E-state index in [1.54, 1.807) is 23.1 Å². The summed E-state index contributed by atoms with van der Waals surface area (Å²) in [5.41, 5.74) is 2.45. The van der Waals surface area contributed by atoms with E-state index < -0.39 is 6.04 Å². The maximum atomic E-state index is 13.4. The van der Waals surface area contributed by atoms with Crippen molar-refractivity contribution in [2.75, 3.05) is 13.2 Å². The minimum atomic E-state index is -0.509. The lowest BCUT2D eigenvalue weighted by atomic mass is 9.98. The van der Waals surface area contributed by atoms with Gasteiger partial charge in [0.2, 0.25) is 5.76 Å². The van der Waals surface area contributed by atoms with Gasteiger partial charge in [-0.25, -0.2) is 0 Å². The molecule has 1 aliphatic heterocycles.